The van der Waals surface area contributed by atoms with Crippen LogP contribution in [0.1, 0.15) is 11.9 Å². The largest absolute Gasteiger partial charge is 0.465 e. The van der Waals surface area contributed by atoms with Crippen LogP contribution in [-0.4, -0.2) is 45.7 Å². The molecule has 3 rings (SSSR count). The highest BCUT2D eigenvalue weighted by atomic mass is 32.2. The van der Waals surface area contributed by atoms with Gasteiger partial charge in [0.15, 0.2) is 5.16 Å². The van der Waals surface area contributed by atoms with Gasteiger partial charge in [-0.3, -0.25) is 9.59 Å². The molecule has 1 amide bonds. The Kier molecular flexibility index (Phi) is 6.36. The van der Waals surface area contributed by atoms with Gasteiger partial charge in [0.25, 0.3) is 0 Å². The number of carbonyl (C=O) groups excluding carboxylic acids is 2. The van der Waals surface area contributed by atoms with Crippen LogP contribution in [0.25, 0.3) is 21.6 Å². The Balaban J connectivity index is 1.75. The molecule has 0 bridgehead atoms. The maximum atomic E-state index is 11.9. The van der Waals surface area contributed by atoms with Gasteiger partial charge in [0.1, 0.15) is 22.6 Å². The number of esters is 1. The number of aromatic nitrogens is 3. The molecule has 0 radical (unpaired) electrons. The van der Waals surface area contributed by atoms with Crippen molar-refractivity contribution in [1.82, 2.24) is 20.3 Å². The minimum atomic E-state index is -0.458. The summed E-state index contributed by atoms with van der Waals surface area (Å²) in [6.45, 7) is 3.79. The van der Waals surface area contributed by atoms with Crippen LogP contribution in [-0.2, 0) is 14.3 Å². The van der Waals surface area contributed by atoms with Crippen molar-refractivity contribution >= 4 is 45.3 Å². The second-order valence-electron chi connectivity index (χ2n) is 5.48. The van der Waals surface area contributed by atoms with E-state index in [2.05, 4.69) is 20.3 Å². The van der Waals surface area contributed by atoms with Crippen LogP contribution in [0.2, 0.25) is 0 Å². The van der Waals surface area contributed by atoms with Crippen LogP contribution in [0.5, 0.6) is 0 Å². The zero-order valence-electron chi connectivity index (χ0n) is 14.9. The molecule has 0 atom stereocenters. The van der Waals surface area contributed by atoms with Gasteiger partial charge in [-0.1, -0.05) is 53.4 Å². The van der Waals surface area contributed by atoms with Crippen molar-refractivity contribution in [2.24, 2.45) is 0 Å². The van der Waals surface area contributed by atoms with E-state index in [1.54, 1.807) is 6.92 Å². The van der Waals surface area contributed by atoms with Crippen LogP contribution in [0.15, 0.2) is 35.5 Å². The standard InChI is InChI=1S/C18H18N4O3S2/c1-3-25-14(24)9-19-13(23)10-26-18-21-15(12-7-5-4-6-8-12)16-17(22-18)27-11(2)20-16/h4-8H,3,9-10H2,1-2H3,(H,19,23). The predicted octanol–water partition coefficient (Wildman–Crippen LogP) is 2.83. The summed E-state index contributed by atoms with van der Waals surface area (Å²) in [6.07, 6.45) is 0. The first kappa shape index (κ1) is 19.2. The Morgan fingerprint density at radius 1 is 1.19 bits per heavy atom. The fourth-order valence-corrected chi connectivity index (χ4v) is 3.85. The number of thiazole rings is 1. The molecule has 0 unspecified atom stereocenters. The monoisotopic (exact) mass is 402 g/mol. The third kappa shape index (κ3) is 5.01. The molecule has 0 saturated heterocycles. The molecule has 0 aliphatic heterocycles. The molecule has 2 aromatic heterocycles. The van der Waals surface area contributed by atoms with Crippen molar-refractivity contribution in [3.8, 4) is 11.3 Å². The van der Waals surface area contributed by atoms with E-state index in [9.17, 15) is 9.59 Å². The number of ether oxygens (including phenoxy) is 1. The lowest BCUT2D eigenvalue weighted by molar-refractivity contribution is -0.143. The normalized spacial score (nSPS) is 10.7. The van der Waals surface area contributed by atoms with Crippen LogP contribution >= 0.6 is 23.1 Å². The highest BCUT2D eigenvalue weighted by Gasteiger charge is 2.15. The van der Waals surface area contributed by atoms with E-state index in [0.29, 0.717) is 5.16 Å². The molecular formula is C18H18N4O3S2. The number of carbonyl (C=O) groups is 2. The van der Waals surface area contributed by atoms with E-state index >= 15 is 0 Å². The van der Waals surface area contributed by atoms with Crippen LogP contribution in [0, 0.1) is 6.92 Å². The molecule has 0 aliphatic rings. The molecule has 0 aliphatic carbocycles. The molecule has 3 aromatic rings. The number of thioether (sulfide) groups is 1. The first-order valence-corrected chi connectivity index (χ1v) is 10.1. The summed E-state index contributed by atoms with van der Waals surface area (Å²) in [7, 11) is 0. The zero-order chi connectivity index (χ0) is 19.2. The fourth-order valence-electron chi connectivity index (χ4n) is 2.33. The minimum Gasteiger partial charge on any atom is -0.465 e. The lowest BCUT2D eigenvalue weighted by atomic mass is 10.1. The Bertz CT molecular complexity index is 960. The van der Waals surface area contributed by atoms with E-state index in [1.807, 2.05) is 37.3 Å². The Morgan fingerprint density at radius 3 is 2.70 bits per heavy atom. The average molecular weight is 403 g/mol. The van der Waals surface area contributed by atoms with Crippen molar-refractivity contribution in [2.75, 3.05) is 18.9 Å². The summed E-state index contributed by atoms with van der Waals surface area (Å²) in [6, 6.07) is 9.77. The molecule has 0 fully saturated rings. The first-order chi connectivity index (χ1) is 13.1. The second-order valence-corrected chi connectivity index (χ2v) is 7.60. The summed E-state index contributed by atoms with van der Waals surface area (Å²) in [5.74, 6) is -0.629. The fraction of sp³-hybridized carbons (Fsp3) is 0.278. The van der Waals surface area contributed by atoms with Gasteiger partial charge in [0.05, 0.1) is 17.4 Å². The van der Waals surface area contributed by atoms with Gasteiger partial charge in [-0.2, -0.15) is 0 Å². The van der Waals surface area contributed by atoms with Gasteiger partial charge in [-0.25, -0.2) is 15.0 Å². The van der Waals surface area contributed by atoms with Crippen molar-refractivity contribution in [3.05, 3.63) is 35.3 Å². The minimum absolute atomic E-state index is 0.108. The number of rotatable bonds is 7. The number of hydrogen-bond acceptors (Lipinski definition) is 8. The van der Waals surface area contributed by atoms with Crippen LogP contribution in [0.4, 0.5) is 0 Å². The van der Waals surface area contributed by atoms with Gasteiger partial charge in [-0.15, -0.1) is 0 Å². The number of nitrogens with zero attached hydrogens (tertiary/aromatic N) is 3. The molecule has 27 heavy (non-hydrogen) atoms. The molecular weight excluding hydrogens is 384 g/mol. The highest BCUT2D eigenvalue weighted by Crippen LogP contribution is 2.31. The maximum Gasteiger partial charge on any atom is 0.325 e. The van der Waals surface area contributed by atoms with Gasteiger partial charge >= 0.3 is 5.97 Å². The van der Waals surface area contributed by atoms with E-state index in [4.69, 9.17) is 4.74 Å². The first-order valence-electron chi connectivity index (χ1n) is 8.32. The van der Waals surface area contributed by atoms with Crippen LogP contribution in [0.3, 0.4) is 0 Å². The number of benzene rings is 1. The van der Waals surface area contributed by atoms with E-state index in [-0.39, 0.29) is 24.8 Å². The van der Waals surface area contributed by atoms with Crippen molar-refractivity contribution in [1.29, 1.82) is 0 Å². The highest BCUT2D eigenvalue weighted by molar-refractivity contribution is 7.99. The summed E-state index contributed by atoms with van der Waals surface area (Å²) in [5, 5.41) is 3.93. The third-order valence-electron chi connectivity index (χ3n) is 3.46. The average Bonchev–Trinajstić information content (AvgIpc) is 3.05. The number of fused-ring (bicyclic) bond motifs is 1. The maximum absolute atomic E-state index is 11.9. The van der Waals surface area contributed by atoms with Crippen LogP contribution < -0.4 is 5.32 Å². The van der Waals surface area contributed by atoms with Gasteiger partial charge in [0, 0.05) is 5.56 Å². The molecule has 9 heteroatoms. The van der Waals surface area contributed by atoms with E-state index in [0.717, 1.165) is 26.6 Å². The summed E-state index contributed by atoms with van der Waals surface area (Å²) in [5.41, 5.74) is 2.46. The summed E-state index contributed by atoms with van der Waals surface area (Å²) < 4.78 is 4.78. The molecule has 0 saturated carbocycles. The van der Waals surface area contributed by atoms with Crippen molar-refractivity contribution in [2.45, 2.75) is 19.0 Å². The Labute approximate surface area is 164 Å². The SMILES string of the molecule is CCOC(=O)CNC(=O)CSc1nc(-c2ccccc2)c2nc(C)sc2n1. The molecule has 2 heterocycles. The molecule has 1 N–H and O–H groups in total. The summed E-state index contributed by atoms with van der Waals surface area (Å²) >= 11 is 2.71. The number of nitrogens with one attached hydrogen (secondary N) is 1. The Morgan fingerprint density at radius 2 is 1.96 bits per heavy atom. The molecule has 0 spiro atoms. The smallest absolute Gasteiger partial charge is 0.325 e. The molecule has 140 valence electrons. The van der Waals surface area contributed by atoms with Gasteiger partial charge < -0.3 is 10.1 Å². The number of amides is 1. The van der Waals surface area contributed by atoms with Crippen molar-refractivity contribution < 1.29 is 14.3 Å². The van der Waals surface area contributed by atoms with E-state index in [1.165, 1.54) is 23.1 Å². The van der Waals surface area contributed by atoms with E-state index < -0.39 is 5.97 Å². The lowest BCUT2D eigenvalue weighted by Gasteiger charge is -2.06. The zero-order valence-corrected chi connectivity index (χ0v) is 16.5. The summed E-state index contributed by atoms with van der Waals surface area (Å²) in [4.78, 5) is 37.7. The van der Waals surface area contributed by atoms with Gasteiger partial charge in [-0.05, 0) is 13.8 Å². The second kappa shape index (κ2) is 8.92. The molecule has 1 aromatic carbocycles. The Hall–Kier alpha value is -2.52. The quantitative estimate of drug-likeness (QED) is 0.369. The molecule has 7 nitrogen and oxygen atoms in total. The third-order valence-corrected chi connectivity index (χ3v) is 5.17. The number of aryl methyl sites for hydroxylation is 1. The lowest BCUT2D eigenvalue weighted by Crippen LogP contribution is -2.31. The predicted molar refractivity (Wildman–Crippen MR) is 106 cm³/mol. The van der Waals surface area contributed by atoms with Crippen molar-refractivity contribution in [3.63, 3.8) is 0 Å². The topological polar surface area (TPSA) is 94.1 Å². The number of hydrogen-bond donors (Lipinski definition) is 1. The van der Waals surface area contributed by atoms with Gasteiger partial charge in [0.2, 0.25) is 5.91 Å².